The Morgan fingerprint density at radius 2 is 1.53 bits per heavy atom. The summed E-state index contributed by atoms with van der Waals surface area (Å²) in [6.07, 6.45) is 0. The third kappa shape index (κ3) is 3.25. The Bertz CT molecular complexity index is 1750. The highest BCUT2D eigenvalue weighted by Crippen LogP contribution is 2.50. The molecule has 5 rings (SSSR count). The van der Waals surface area contributed by atoms with Gasteiger partial charge < -0.3 is 34.7 Å². The Balaban J connectivity index is 1.86. The maximum absolute atomic E-state index is 13.2. The average molecular weight is 486 g/mol. The first-order chi connectivity index (χ1) is 17.2. The molecule has 1 aromatic heterocycles. The molecule has 0 atom stereocenters. The molecule has 0 bridgehead atoms. The Kier molecular flexibility index (Phi) is 5.17. The van der Waals surface area contributed by atoms with Crippen LogP contribution in [0.15, 0.2) is 69.9 Å². The summed E-state index contributed by atoms with van der Waals surface area (Å²) in [5.41, 5.74) is -2.13. The summed E-state index contributed by atoms with van der Waals surface area (Å²) in [6, 6.07) is 14.1. The number of phenolic OH excluding ortho intramolecular Hbond substituents is 5. The number of carbonyl (C=O) groups excluding carboxylic acids is 1. The SMILES string of the molecule is COc1cc(O)c(C(=O)c2ccccc2)c(O)c1-c1cc(O)c2oc3c(O)cccc3c(=O)c2c1O. The second-order valence-corrected chi connectivity index (χ2v) is 7.97. The molecule has 0 amide bonds. The van der Waals surface area contributed by atoms with Gasteiger partial charge in [0.25, 0.3) is 0 Å². The number of fused-ring (bicyclic) bond motifs is 2. The van der Waals surface area contributed by atoms with E-state index < -0.39 is 50.7 Å². The second-order valence-electron chi connectivity index (χ2n) is 7.97. The van der Waals surface area contributed by atoms with Crippen LogP contribution in [-0.2, 0) is 0 Å². The number of hydrogen-bond donors (Lipinski definition) is 5. The summed E-state index contributed by atoms with van der Waals surface area (Å²) in [7, 11) is 1.24. The Hall–Kier alpha value is -5.18. The minimum atomic E-state index is -0.755. The molecule has 180 valence electrons. The summed E-state index contributed by atoms with van der Waals surface area (Å²) in [6.45, 7) is 0. The Morgan fingerprint density at radius 1 is 0.806 bits per heavy atom. The highest BCUT2D eigenvalue weighted by atomic mass is 16.5. The molecule has 0 spiro atoms. The molecule has 0 aliphatic rings. The van der Waals surface area contributed by atoms with Crippen LogP contribution in [0.2, 0.25) is 0 Å². The van der Waals surface area contributed by atoms with Crippen LogP contribution < -0.4 is 10.2 Å². The van der Waals surface area contributed by atoms with Gasteiger partial charge in [0.2, 0.25) is 11.2 Å². The molecule has 5 aromatic rings. The molecule has 0 aliphatic carbocycles. The number of ether oxygens (including phenoxy) is 1. The van der Waals surface area contributed by atoms with Crippen LogP contribution in [0.25, 0.3) is 33.1 Å². The number of benzene rings is 4. The van der Waals surface area contributed by atoms with Gasteiger partial charge in [-0.3, -0.25) is 9.59 Å². The van der Waals surface area contributed by atoms with Crippen LogP contribution in [0.3, 0.4) is 0 Å². The standard InChI is InChI=1S/C27H18O9/c1-35-18-11-16(29)20(22(31)12-6-3-2-4-7-12)25(34)19(18)14-10-17(30)27-21(24(14)33)23(32)13-8-5-9-15(28)26(13)36-27/h2-11,28-30,33-34H,1H3. The molecule has 9 heteroatoms. The number of carbonyl (C=O) groups is 1. The molecular weight excluding hydrogens is 468 g/mol. The largest absolute Gasteiger partial charge is 0.507 e. The van der Waals surface area contributed by atoms with Crippen LogP contribution in [-0.4, -0.2) is 38.4 Å². The van der Waals surface area contributed by atoms with Gasteiger partial charge >= 0.3 is 0 Å². The summed E-state index contributed by atoms with van der Waals surface area (Å²) >= 11 is 0. The van der Waals surface area contributed by atoms with Gasteiger partial charge in [0.05, 0.1) is 18.1 Å². The lowest BCUT2D eigenvalue weighted by atomic mass is 9.93. The number of hydrogen-bond acceptors (Lipinski definition) is 9. The van der Waals surface area contributed by atoms with E-state index in [1.54, 1.807) is 18.2 Å². The quantitative estimate of drug-likeness (QED) is 0.141. The van der Waals surface area contributed by atoms with Crippen molar-refractivity contribution in [1.29, 1.82) is 0 Å². The summed E-state index contributed by atoms with van der Waals surface area (Å²) in [5, 5.41) is 53.1. The van der Waals surface area contributed by atoms with Crippen molar-refractivity contribution in [3.05, 3.63) is 82.0 Å². The van der Waals surface area contributed by atoms with E-state index in [1.807, 2.05) is 0 Å². The normalized spacial score (nSPS) is 11.1. The number of ketones is 1. The number of para-hydroxylation sites is 1. The van der Waals surface area contributed by atoms with Crippen molar-refractivity contribution >= 4 is 27.7 Å². The minimum absolute atomic E-state index is 0.0591. The zero-order valence-corrected chi connectivity index (χ0v) is 18.6. The molecule has 4 aromatic carbocycles. The van der Waals surface area contributed by atoms with Crippen molar-refractivity contribution in [2.45, 2.75) is 0 Å². The van der Waals surface area contributed by atoms with Crippen molar-refractivity contribution in [2.24, 2.45) is 0 Å². The van der Waals surface area contributed by atoms with Crippen LogP contribution in [0, 0.1) is 0 Å². The fraction of sp³-hybridized carbons (Fsp3) is 0.0370. The predicted octanol–water partition coefficient (Wildman–Crippen LogP) is 4.38. The topological polar surface area (TPSA) is 158 Å². The molecular formula is C27H18O9. The van der Waals surface area contributed by atoms with Crippen molar-refractivity contribution in [3.63, 3.8) is 0 Å². The third-order valence-electron chi connectivity index (χ3n) is 5.90. The van der Waals surface area contributed by atoms with Gasteiger partial charge in [0, 0.05) is 17.2 Å². The minimum Gasteiger partial charge on any atom is -0.507 e. The fourth-order valence-electron chi connectivity index (χ4n) is 4.20. The van der Waals surface area contributed by atoms with E-state index >= 15 is 0 Å². The zero-order valence-electron chi connectivity index (χ0n) is 18.6. The van der Waals surface area contributed by atoms with Crippen molar-refractivity contribution in [2.75, 3.05) is 7.11 Å². The van der Waals surface area contributed by atoms with Gasteiger partial charge in [0.1, 0.15) is 33.9 Å². The van der Waals surface area contributed by atoms with Crippen LogP contribution in [0.4, 0.5) is 0 Å². The summed E-state index contributed by atoms with van der Waals surface area (Å²) in [4.78, 5) is 26.3. The molecule has 5 N–H and O–H groups in total. The molecule has 0 saturated heterocycles. The third-order valence-corrected chi connectivity index (χ3v) is 5.90. The lowest BCUT2D eigenvalue weighted by Gasteiger charge is -2.17. The van der Waals surface area contributed by atoms with E-state index in [-0.39, 0.29) is 39.2 Å². The number of phenols is 5. The molecule has 1 heterocycles. The Morgan fingerprint density at radius 3 is 2.22 bits per heavy atom. The van der Waals surface area contributed by atoms with E-state index in [2.05, 4.69) is 0 Å². The maximum atomic E-state index is 13.2. The molecule has 0 unspecified atom stereocenters. The molecule has 0 radical (unpaired) electrons. The maximum Gasteiger partial charge on any atom is 0.204 e. The first-order valence-corrected chi connectivity index (χ1v) is 10.6. The van der Waals surface area contributed by atoms with Gasteiger partial charge in [-0.25, -0.2) is 0 Å². The fourth-order valence-corrected chi connectivity index (χ4v) is 4.20. The van der Waals surface area contributed by atoms with Crippen molar-refractivity contribution < 1.29 is 39.5 Å². The first kappa shape index (κ1) is 22.6. The van der Waals surface area contributed by atoms with Gasteiger partial charge in [-0.05, 0) is 18.2 Å². The monoisotopic (exact) mass is 486 g/mol. The molecule has 0 aliphatic heterocycles. The number of aromatic hydroxyl groups is 5. The predicted molar refractivity (Wildman–Crippen MR) is 130 cm³/mol. The smallest absolute Gasteiger partial charge is 0.204 e. The van der Waals surface area contributed by atoms with E-state index in [0.29, 0.717) is 0 Å². The number of rotatable bonds is 4. The van der Waals surface area contributed by atoms with E-state index in [1.165, 1.54) is 37.4 Å². The van der Waals surface area contributed by atoms with E-state index in [9.17, 15) is 35.1 Å². The first-order valence-electron chi connectivity index (χ1n) is 10.6. The molecule has 36 heavy (non-hydrogen) atoms. The lowest BCUT2D eigenvalue weighted by molar-refractivity contribution is 0.103. The summed E-state index contributed by atoms with van der Waals surface area (Å²) < 4.78 is 10.8. The number of methoxy groups -OCH3 is 1. The molecule has 0 saturated carbocycles. The average Bonchev–Trinajstić information content (AvgIpc) is 2.87. The van der Waals surface area contributed by atoms with Crippen LogP contribution >= 0.6 is 0 Å². The van der Waals surface area contributed by atoms with Gasteiger partial charge in [-0.15, -0.1) is 0 Å². The molecule has 9 nitrogen and oxygen atoms in total. The van der Waals surface area contributed by atoms with Gasteiger partial charge in [0.15, 0.2) is 22.7 Å². The lowest BCUT2D eigenvalue weighted by Crippen LogP contribution is -2.05. The van der Waals surface area contributed by atoms with E-state index in [4.69, 9.17) is 9.15 Å². The summed E-state index contributed by atoms with van der Waals surface area (Å²) in [5.74, 6) is -3.78. The van der Waals surface area contributed by atoms with Gasteiger partial charge in [-0.2, -0.15) is 0 Å². The van der Waals surface area contributed by atoms with Crippen molar-refractivity contribution in [1.82, 2.24) is 0 Å². The zero-order chi connectivity index (χ0) is 25.7. The molecule has 0 fully saturated rings. The van der Waals surface area contributed by atoms with Gasteiger partial charge in [-0.1, -0.05) is 36.4 Å². The van der Waals surface area contributed by atoms with Crippen molar-refractivity contribution in [3.8, 4) is 45.6 Å². The van der Waals surface area contributed by atoms with E-state index in [0.717, 1.165) is 12.1 Å². The second kappa shape index (κ2) is 8.24. The van der Waals surface area contributed by atoms with Crippen LogP contribution in [0.5, 0.6) is 34.5 Å². The highest BCUT2D eigenvalue weighted by molar-refractivity contribution is 6.14. The highest BCUT2D eigenvalue weighted by Gasteiger charge is 2.29. The Labute approximate surface area is 202 Å². The van der Waals surface area contributed by atoms with Crippen LogP contribution in [0.1, 0.15) is 15.9 Å².